The van der Waals surface area contributed by atoms with Crippen LogP contribution in [0.15, 0.2) is 18.2 Å². The van der Waals surface area contributed by atoms with Crippen LogP contribution in [0.4, 0.5) is 5.69 Å². The summed E-state index contributed by atoms with van der Waals surface area (Å²) in [6.45, 7) is 4.68. The third-order valence-electron chi connectivity index (χ3n) is 3.63. The summed E-state index contributed by atoms with van der Waals surface area (Å²) in [5.41, 5.74) is 2.12. The molecule has 0 spiro atoms. The summed E-state index contributed by atoms with van der Waals surface area (Å²) in [6.07, 6.45) is 2.62. The van der Waals surface area contributed by atoms with E-state index < -0.39 is 5.97 Å². The summed E-state index contributed by atoms with van der Waals surface area (Å²) in [4.78, 5) is 25.0. The third-order valence-corrected chi connectivity index (χ3v) is 3.63. The predicted octanol–water partition coefficient (Wildman–Crippen LogP) is 2.71. The van der Waals surface area contributed by atoms with Crippen molar-refractivity contribution in [2.24, 2.45) is 5.92 Å². The largest absolute Gasteiger partial charge is 0.478 e. The van der Waals surface area contributed by atoms with Gasteiger partial charge in [0.25, 0.3) is 0 Å². The van der Waals surface area contributed by atoms with Gasteiger partial charge < -0.3 is 10.0 Å². The quantitative estimate of drug-likeness (QED) is 0.906. The highest BCUT2D eigenvalue weighted by Crippen LogP contribution is 2.30. The number of carboxylic acids is 1. The number of hydrogen-bond donors (Lipinski definition) is 1. The summed E-state index contributed by atoms with van der Waals surface area (Å²) >= 11 is 0. The van der Waals surface area contributed by atoms with Gasteiger partial charge in [-0.15, -0.1) is 0 Å². The fourth-order valence-corrected chi connectivity index (χ4v) is 2.59. The monoisotopic (exact) mass is 261 g/mol. The molecule has 0 bridgehead atoms. The van der Waals surface area contributed by atoms with E-state index in [2.05, 4.69) is 6.92 Å². The van der Waals surface area contributed by atoms with Gasteiger partial charge in [-0.05, 0) is 36.6 Å². The van der Waals surface area contributed by atoms with Gasteiger partial charge in [-0.1, -0.05) is 20.3 Å². The maximum atomic E-state index is 12.3. The van der Waals surface area contributed by atoms with E-state index in [1.807, 2.05) is 6.92 Å². The summed E-state index contributed by atoms with van der Waals surface area (Å²) in [5.74, 6) is -0.759. The molecular weight excluding hydrogens is 242 g/mol. The topological polar surface area (TPSA) is 57.6 Å². The molecule has 0 radical (unpaired) electrons. The Balaban J connectivity index is 2.23. The molecule has 1 atom stereocenters. The zero-order valence-electron chi connectivity index (χ0n) is 11.3. The molecule has 4 heteroatoms. The standard InChI is InChI=1S/C15H19NO3/c1-3-4-10(2)14(17)16-8-7-11-9-12(15(18)19)5-6-13(11)16/h5-6,9-10H,3-4,7-8H2,1-2H3,(H,18,19). The Morgan fingerprint density at radius 3 is 2.79 bits per heavy atom. The summed E-state index contributed by atoms with van der Waals surface area (Å²) in [6, 6.07) is 5.00. The number of amides is 1. The lowest BCUT2D eigenvalue weighted by Crippen LogP contribution is -2.33. The minimum absolute atomic E-state index is 0.0232. The summed E-state index contributed by atoms with van der Waals surface area (Å²) in [7, 11) is 0. The number of carbonyl (C=O) groups excluding carboxylic acids is 1. The van der Waals surface area contributed by atoms with Crippen molar-refractivity contribution in [2.75, 3.05) is 11.4 Å². The van der Waals surface area contributed by atoms with Gasteiger partial charge in [-0.25, -0.2) is 4.79 Å². The average molecular weight is 261 g/mol. The molecule has 0 saturated carbocycles. The minimum atomic E-state index is -0.924. The van der Waals surface area contributed by atoms with Crippen molar-refractivity contribution in [2.45, 2.75) is 33.1 Å². The highest BCUT2D eigenvalue weighted by molar-refractivity contribution is 5.98. The van der Waals surface area contributed by atoms with Gasteiger partial charge in [0.1, 0.15) is 0 Å². The van der Waals surface area contributed by atoms with Gasteiger partial charge in [-0.3, -0.25) is 4.79 Å². The fourth-order valence-electron chi connectivity index (χ4n) is 2.59. The van der Waals surface area contributed by atoms with Gasteiger partial charge in [0.15, 0.2) is 0 Å². The second-order valence-electron chi connectivity index (χ2n) is 5.08. The number of fused-ring (bicyclic) bond motifs is 1. The Labute approximate surface area is 113 Å². The Morgan fingerprint density at radius 1 is 1.42 bits per heavy atom. The Bertz CT molecular complexity index is 510. The lowest BCUT2D eigenvalue weighted by Gasteiger charge is -2.21. The van der Waals surface area contributed by atoms with Crippen molar-refractivity contribution in [1.82, 2.24) is 0 Å². The van der Waals surface area contributed by atoms with Crippen LogP contribution in [0.1, 0.15) is 42.6 Å². The highest BCUT2D eigenvalue weighted by Gasteiger charge is 2.28. The molecule has 1 aliphatic heterocycles. The maximum Gasteiger partial charge on any atom is 0.335 e. The smallest absolute Gasteiger partial charge is 0.335 e. The molecule has 1 aromatic rings. The number of benzene rings is 1. The fraction of sp³-hybridized carbons (Fsp3) is 0.467. The molecule has 4 nitrogen and oxygen atoms in total. The van der Waals surface area contributed by atoms with E-state index in [1.165, 1.54) is 0 Å². The molecule has 1 N–H and O–H groups in total. The molecule has 19 heavy (non-hydrogen) atoms. The van der Waals surface area contributed by atoms with Crippen LogP contribution in [0, 0.1) is 5.92 Å². The SMILES string of the molecule is CCCC(C)C(=O)N1CCc2cc(C(=O)O)ccc21. The van der Waals surface area contributed by atoms with Crippen LogP contribution in [0.5, 0.6) is 0 Å². The molecule has 1 aromatic carbocycles. The first-order chi connectivity index (χ1) is 9.04. The second kappa shape index (κ2) is 5.43. The number of carbonyl (C=O) groups is 2. The van der Waals surface area contributed by atoms with Gasteiger partial charge >= 0.3 is 5.97 Å². The Morgan fingerprint density at radius 2 is 2.16 bits per heavy atom. The van der Waals surface area contributed by atoms with Crippen LogP contribution in [0.2, 0.25) is 0 Å². The van der Waals surface area contributed by atoms with Gasteiger partial charge in [0.2, 0.25) is 5.91 Å². The van der Waals surface area contributed by atoms with Crippen LogP contribution < -0.4 is 4.90 Å². The van der Waals surface area contributed by atoms with E-state index >= 15 is 0 Å². The number of anilines is 1. The second-order valence-corrected chi connectivity index (χ2v) is 5.08. The lowest BCUT2D eigenvalue weighted by atomic mass is 10.0. The number of rotatable bonds is 4. The van der Waals surface area contributed by atoms with Gasteiger partial charge in [-0.2, -0.15) is 0 Å². The molecule has 0 saturated heterocycles. The molecular formula is C15H19NO3. The number of nitrogens with zero attached hydrogens (tertiary/aromatic N) is 1. The Hall–Kier alpha value is -1.84. The third kappa shape index (κ3) is 2.62. The zero-order chi connectivity index (χ0) is 14.0. The first-order valence-electron chi connectivity index (χ1n) is 6.72. The number of aromatic carboxylic acids is 1. The molecule has 1 unspecified atom stereocenters. The lowest BCUT2D eigenvalue weighted by molar-refractivity contribution is -0.122. The van der Waals surface area contributed by atoms with E-state index in [4.69, 9.17) is 5.11 Å². The first kappa shape index (κ1) is 13.6. The summed E-state index contributed by atoms with van der Waals surface area (Å²) in [5, 5.41) is 8.97. The van der Waals surface area contributed by atoms with Crippen molar-refractivity contribution in [1.29, 1.82) is 0 Å². The van der Waals surface area contributed by atoms with E-state index in [0.29, 0.717) is 6.54 Å². The van der Waals surface area contributed by atoms with Crippen molar-refractivity contribution in [3.05, 3.63) is 29.3 Å². The van der Waals surface area contributed by atoms with Crippen molar-refractivity contribution < 1.29 is 14.7 Å². The van der Waals surface area contributed by atoms with E-state index in [0.717, 1.165) is 30.5 Å². The number of carboxylic acid groups (broad SMARTS) is 1. The van der Waals surface area contributed by atoms with Crippen molar-refractivity contribution in [3.8, 4) is 0 Å². The van der Waals surface area contributed by atoms with Crippen LogP contribution in [0.25, 0.3) is 0 Å². The van der Waals surface area contributed by atoms with E-state index in [9.17, 15) is 9.59 Å². The molecule has 1 amide bonds. The van der Waals surface area contributed by atoms with Crippen molar-refractivity contribution in [3.63, 3.8) is 0 Å². The van der Waals surface area contributed by atoms with Crippen LogP contribution in [-0.4, -0.2) is 23.5 Å². The first-order valence-corrected chi connectivity index (χ1v) is 6.72. The van der Waals surface area contributed by atoms with E-state index in [-0.39, 0.29) is 17.4 Å². The zero-order valence-corrected chi connectivity index (χ0v) is 11.3. The van der Waals surface area contributed by atoms with Gasteiger partial charge in [0, 0.05) is 18.2 Å². The molecule has 1 aliphatic rings. The summed E-state index contributed by atoms with van der Waals surface area (Å²) < 4.78 is 0. The van der Waals surface area contributed by atoms with Crippen molar-refractivity contribution >= 4 is 17.6 Å². The van der Waals surface area contributed by atoms with Gasteiger partial charge in [0.05, 0.1) is 5.56 Å². The highest BCUT2D eigenvalue weighted by atomic mass is 16.4. The van der Waals surface area contributed by atoms with E-state index in [1.54, 1.807) is 23.1 Å². The Kier molecular flexibility index (Phi) is 3.88. The molecule has 2 rings (SSSR count). The van der Waals surface area contributed by atoms with Crippen LogP contribution in [-0.2, 0) is 11.2 Å². The van der Waals surface area contributed by atoms with Crippen LogP contribution >= 0.6 is 0 Å². The minimum Gasteiger partial charge on any atom is -0.478 e. The normalized spacial score (nSPS) is 15.2. The molecule has 102 valence electrons. The number of hydrogen-bond acceptors (Lipinski definition) is 2. The predicted molar refractivity (Wildman–Crippen MR) is 73.5 cm³/mol. The average Bonchev–Trinajstić information content (AvgIpc) is 2.80. The molecule has 0 aromatic heterocycles. The molecule has 0 fully saturated rings. The van der Waals surface area contributed by atoms with Crippen LogP contribution in [0.3, 0.4) is 0 Å². The molecule has 0 aliphatic carbocycles. The molecule has 1 heterocycles. The maximum absolute atomic E-state index is 12.3.